The van der Waals surface area contributed by atoms with Gasteiger partial charge in [-0.3, -0.25) is 4.79 Å². The summed E-state index contributed by atoms with van der Waals surface area (Å²) in [5, 5.41) is 11.8. The summed E-state index contributed by atoms with van der Waals surface area (Å²) in [6.45, 7) is 1.36. The standard InChI is InChI=1S/C15H19N3O/c16-10-6-12-18(13-7-2-1-3-8-13)14-9-4-5-11-17-15(14)19/h1-3,7-8,14H,4-6,9,11-12H2,(H,17,19). The molecular formula is C15H19N3O. The average Bonchev–Trinajstić information content (AvgIpc) is 2.66. The molecule has 1 aromatic rings. The van der Waals surface area contributed by atoms with E-state index in [0.717, 1.165) is 31.5 Å². The van der Waals surface area contributed by atoms with Gasteiger partial charge in [-0.15, -0.1) is 0 Å². The van der Waals surface area contributed by atoms with Crippen molar-refractivity contribution in [2.45, 2.75) is 31.7 Å². The molecule has 0 spiro atoms. The van der Waals surface area contributed by atoms with Crippen LogP contribution in [-0.2, 0) is 4.79 Å². The largest absolute Gasteiger partial charge is 0.358 e. The van der Waals surface area contributed by atoms with Crippen molar-refractivity contribution in [3.63, 3.8) is 0 Å². The molecule has 1 amide bonds. The van der Waals surface area contributed by atoms with Gasteiger partial charge in [0.2, 0.25) is 5.91 Å². The van der Waals surface area contributed by atoms with Gasteiger partial charge >= 0.3 is 0 Å². The number of para-hydroxylation sites is 1. The summed E-state index contributed by atoms with van der Waals surface area (Å²) >= 11 is 0. The molecule has 100 valence electrons. The molecule has 2 rings (SSSR count). The van der Waals surface area contributed by atoms with Crippen LogP contribution in [0.1, 0.15) is 25.7 Å². The van der Waals surface area contributed by atoms with Gasteiger partial charge in [-0.1, -0.05) is 18.2 Å². The molecule has 1 aliphatic rings. The van der Waals surface area contributed by atoms with E-state index in [2.05, 4.69) is 16.3 Å². The molecular weight excluding hydrogens is 238 g/mol. The van der Waals surface area contributed by atoms with Gasteiger partial charge in [0, 0.05) is 18.8 Å². The van der Waals surface area contributed by atoms with E-state index < -0.39 is 0 Å². The van der Waals surface area contributed by atoms with E-state index in [4.69, 9.17) is 5.26 Å². The minimum absolute atomic E-state index is 0.0827. The Kier molecular flexibility index (Phi) is 4.79. The van der Waals surface area contributed by atoms with Crippen molar-refractivity contribution in [3.8, 4) is 6.07 Å². The molecule has 1 aromatic carbocycles. The number of hydrogen-bond acceptors (Lipinski definition) is 3. The molecule has 1 saturated heterocycles. The van der Waals surface area contributed by atoms with Crippen LogP contribution >= 0.6 is 0 Å². The zero-order valence-corrected chi connectivity index (χ0v) is 11.0. The van der Waals surface area contributed by atoms with Crippen LogP contribution in [0.15, 0.2) is 30.3 Å². The summed E-state index contributed by atoms with van der Waals surface area (Å²) in [6, 6.07) is 11.9. The maximum Gasteiger partial charge on any atom is 0.242 e. The van der Waals surface area contributed by atoms with Crippen LogP contribution in [-0.4, -0.2) is 25.0 Å². The zero-order valence-electron chi connectivity index (χ0n) is 11.0. The van der Waals surface area contributed by atoms with E-state index in [1.54, 1.807) is 0 Å². The van der Waals surface area contributed by atoms with Crippen molar-refractivity contribution in [1.82, 2.24) is 5.32 Å². The quantitative estimate of drug-likeness (QED) is 0.898. The molecule has 1 heterocycles. The molecule has 0 bridgehead atoms. The topological polar surface area (TPSA) is 56.1 Å². The Morgan fingerprint density at radius 1 is 1.32 bits per heavy atom. The first-order valence-electron chi connectivity index (χ1n) is 6.79. The minimum atomic E-state index is -0.154. The molecule has 1 atom stereocenters. The van der Waals surface area contributed by atoms with Crippen LogP contribution in [0.25, 0.3) is 0 Å². The van der Waals surface area contributed by atoms with Gasteiger partial charge in [0.25, 0.3) is 0 Å². The number of carbonyl (C=O) groups is 1. The van der Waals surface area contributed by atoms with Crippen molar-refractivity contribution in [2.75, 3.05) is 18.0 Å². The predicted octanol–water partition coefficient (Wildman–Crippen LogP) is 2.08. The van der Waals surface area contributed by atoms with Crippen molar-refractivity contribution >= 4 is 11.6 Å². The Morgan fingerprint density at radius 3 is 2.84 bits per heavy atom. The van der Waals surface area contributed by atoms with Crippen molar-refractivity contribution in [3.05, 3.63) is 30.3 Å². The Hall–Kier alpha value is -2.02. The van der Waals surface area contributed by atoms with E-state index in [0.29, 0.717) is 13.0 Å². The number of benzene rings is 1. The van der Waals surface area contributed by atoms with E-state index in [-0.39, 0.29) is 11.9 Å². The van der Waals surface area contributed by atoms with E-state index >= 15 is 0 Å². The number of nitrogens with one attached hydrogen (secondary N) is 1. The SMILES string of the molecule is N#CCCN(c1ccccc1)C1CCCCNC1=O. The number of nitriles is 1. The average molecular weight is 257 g/mol. The first-order chi connectivity index (χ1) is 9.33. The van der Waals surface area contributed by atoms with Crippen LogP contribution < -0.4 is 10.2 Å². The number of carbonyl (C=O) groups excluding carboxylic acids is 1. The van der Waals surface area contributed by atoms with Gasteiger partial charge in [-0.05, 0) is 31.4 Å². The third-order valence-electron chi connectivity index (χ3n) is 3.43. The molecule has 1 N–H and O–H groups in total. The lowest BCUT2D eigenvalue weighted by molar-refractivity contribution is -0.122. The van der Waals surface area contributed by atoms with E-state index in [9.17, 15) is 4.79 Å². The molecule has 1 unspecified atom stereocenters. The first kappa shape index (κ1) is 13.4. The normalized spacial score (nSPS) is 19.1. The summed E-state index contributed by atoms with van der Waals surface area (Å²) in [5.41, 5.74) is 1.01. The second-order valence-corrected chi connectivity index (χ2v) is 4.74. The van der Waals surface area contributed by atoms with E-state index in [1.807, 2.05) is 30.3 Å². The lowest BCUT2D eigenvalue weighted by atomic mass is 10.1. The number of nitrogens with zero attached hydrogens (tertiary/aromatic N) is 2. The van der Waals surface area contributed by atoms with Gasteiger partial charge in [0.15, 0.2) is 0 Å². The molecule has 4 nitrogen and oxygen atoms in total. The fourth-order valence-corrected chi connectivity index (χ4v) is 2.48. The highest BCUT2D eigenvalue weighted by molar-refractivity contribution is 5.85. The first-order valence-corrected chi connectivity index (χ1v) is 6.79. The third-order valence-corrected chi connectivity index (χ3v) is 3.43. The Morgan fingerprint density at radius 2 is 2.11 bits per heavy atom. The Labute approximate surface area is 114 Å². The Bertz CT molecular complexity index is 452. The highest BCUT2D eigenvalue weighted by atomic mass is 16.2. The second-order valence-electron chi connectivity index (χ2n) is 4.74. The van der Waals surface area contributed by atoms with Crippen LogP contribution in [0.4, 0.5) is 5.69 Å². The van der Waals surface area contributed by atoms with Gasteiger partial charge < -0.3 is 10.2 Å². The van der Waals surface area contributed by atoms with Crippen LogP contribution in [0.5, 0.6) is 0 Å². The predicted molar refractivity (Wildman–Crippen MR) is 74.7 cm³/mol. The lowest BCUT2D eigenvalue weighted by Crippen LogP contribution is -2.46. The molecule has 0 aliphatic carbocycles. The summed E-state index contributed by atoms with van der Waals surface area (Å²) in [5.74, 6) is 0.0827. The lowest BCUT2D eigenvalue weighted by Gasteiger charge is -2.31. The molecule has 0 aromatic heterocycles. The fourth-order valence-electron chi connectivity index (χ4n) is 2.48. The molecule has 19 heavy (non-hydrogen) atoms. The van der Waals surface area contributed by atoms with Crippen LogP contribution in [0.2, 0.25) is 0 Å². The van der Waals surface area contributed by atoms with Crippen molar-refractivity contribution < 1.29 is 4.79 Å². The smallest absolute Gasteiger partial charge is 0.242 e. The Balaban J connectivity index is 2.21. The van der Waals surface area contributed by atoms with Crippen LogP contribution in [0.3, 0.4) is 0 Å². The molecule has 1 aliphatic heterocycles. The number of rotatable bonds is 4. The number of hydrogen-bond donors (Lipinski definition) is 1. The molecule has 4 heteroatoms. The maximum atomic E-state index is 12.2. The van der Waals surface area contributed by atoms with Crippen molar-refractivity contribution in [2.24, 2.45) is 0 Å². The summed E-state index contributed by atoms with van der Waals surface area (Å²) in [6.07, 6.45) is 3.35. The minimum Gasteiger partial charge on any atom is -0.358 e. The second kappa shape index (κ2) is 6.79. The van der Waals surface area contributed by atoms with Gasteiger partial charge in [-0.25, -0.2) is 0 Å². The van der Waals surface area contributed by atoms with Gasteiger partial charge in [-0.2, -0.15) is 5.26 Å². The highest BCUT2D eigenvalue weighted by Crippen LogP contribution is 2.21. The number of amides is 1. The van der Waals surface area contributed by atoms with Gasteiger partial charge in [0.05, 0.1) is 12.5 Å². The van der Waals surface area contributed by atoms with Crippen molar-refractivity contribution in [1.29, 1.82) is 5.26 Å². The monoisotopic (exact) mass is 257 g/mol. The fraction of sp³-hybridized carbons (Fsp3) is 0.467. The summed E-state index contributed by atoms with van der Waals surface area (Å²) < 4.78 is 0. The van der Waals surface area contributed by atoms with Crippen LogP contribution in [0, 0.1) is 11.3 Å². The maximum absolute atomic E-state index is 12.2. The summed E-state index contributed by atoms with van der Waals surface area (Å²) in [7, 11) is 0. The number of anilines is 1. The highest BCUT2D eigenvalue weighted by Gasteiger charge is 2.27. The zero-order chi connectivity index (χ0) is 13.5. The molecule has 0 saturated carbocycles. The summed E-state index contributed by atoms with van der Waals surface area (Å²) in [4.78, 5) is 14.2. The third kappa shape index (κ3) is 3.47. The molecule has 0 radical (unpaired) electrons. The van der Waals surface area contributed by atoms with Gasteiger partial charge in [0.1, 0.15) is 6.04 Å². The molecule has 1 fully saturated rings. The van der Waals surface area contributed by atoms with E-state index in [1.165, 1.54) is 0 Å².